The number of rotatable bonds is 12. The van der Waals surface area contributed by atoms with Gasteiger partial charge >= 0.3 is 13.8 Å². The fraction of sp³-hybridized carbons (Fsp3) is 0.917. The summed E-state index contributed by atoms with van der Waals surface area (Å²) >= 11 is 0. The zero-order valence-electron chi connectivity index (χ0n) is 28.6. The highest BCUT2D eigenvalue weighted by Crippen LogP contribution is 2.69. The highest BCUT2D eigenvalue weighted by atomic mass is 31.2. The molecule has 0 amide bonds. The molecule has 5 saturated carbocycles. The minimum Gasteiger partial charge on any atom is -0.505 e. The van der Waals surface area contributed by atoms with Crippen molar-refractivity contribution < 1.29 is 43.4 Å². The summed E-state index contributed by atoms with van der Waals surface area (Å²) in [5, 5.41) is 29.2. The number of cyclic esters (lactones) is 1. The molecule has 6 aliphatic rings. The van der Waals surface area contributed by atoms with Crippen molar-refractivity contribution in [2.45, 2.75) is 136 Å². The Morgan fingerprint density at radius 1 is 0.957 bits per heavy atom. The quantitative estimate of drug-likeness (QED) is 0.125. The molecular weight excluding hydrogens is 607 g/mol. The standard InChI is InChI=1S/C36H59O9P/c1-20(2)25(22-7-8-22)10-6-21(3)27-12-13-28-26-11-9-23-18-24(14-16-35(23,4)29(26)15-17-36(27,28)5)44-46(41,42)45-33-31(39)32(30(38)19-37)43-34(33)40/h20-30,32,37-39H,6-19H2,1-5H3,(H,41,42)/t21-,23+,24+,25-,26+,27-,28+,29+,30+,32-,35+,36-/m1/s1. The molecule has 46 heavy (non-hydrogen) atoms. The summed E-state index contributed by atoms with van der Waals surface area (Å²) in [5.74, 6) is 4.03. The molecule has 4 N–H and O–H groups in total. The molecule has 9 nitrogen and oxygen atoms in total. The van der Waals surface area contributed by atoms with Gasteiger partial charge in [-0.15, -0.1) is 0 Å². The van der Waals surface area contributed by atoms with Gasteiger partial charge in [0.05, 0.1) is 12.7 Å². The molecule has 0 bridgehead atoms. The van der Waals surface area contributed by atoms with Crippen molar-refractivity contribution in [3.63, 3.8) is 0 Å². The monoisotopic (exact) mass is 666 g/mol. The van der Waals surface area contributed by atoms with E-state index in [4.69, 9.17) is 18.9 Å². The molecule has 0 spiro atoms. The first-order valence-corrected chi connectivity index (χ1v) is 19.8. The van der Waals surface area contributed by atoms with E-state index in [0.717, 1.165) is 54.3 Å². The van der Waals surface area contributed by atoms with Crippen molar-refractivity contribution in [1.29, 1.82) is 0 Å². The summed E-state index contributed by atoms with van der Waals surface area (Å²) in [6.45, 7) is 11.7. The van der Waals surface area contributed by atoms with Gasteiger partial charge in [0.1, 0.15) is 6.10 Å². The van der Waals surface area contributed by atoms with Crippen LogP contribution in [0.25, 0.3) is 0 Å². The van der Waals surface area contributed by atoms with Crippen LogP contribution in [0.15, 0.2) is 11.5 Å². The number of carbonyl (C=O) groups excluding carboxylic acids is 1. The summed E-state index contributed by atoms with van der Waals surface area (Å²) in [6.07, 6.45) is 11.9. The third kappa shape index (κ3) is 6.34. The van der Waals surface area contributed by atoms with Crippen molar-refractivity contribution in [1.82, 2.24) is 0 Å². The summed E-state index contributed by atoms with van der Waals surface area (Å²) in [7, 11) is -4.77. The van der Waals surface area contributed by atoms with Crippen LogP contribution in [0.2, 0.25) is 0 Å². The smallest absolute Gasteiger partial charge is 0.505 e. The highest BCUT2D eigenvalue weighted by molar-refractivity contribution is 7.47. The van der Waals surface area contributed by atoms with Crippen LogP contribution in [0.1, 0.15) is 118 Å². The fourth-order valence-corrected chi connectivity index (χ4v) is 12.8. The molecule has 0 saturated heterocycles. The third-order valence-electron chi connectivity index (χ3n) is 14.4. The van der Waals surface area contributed by atoms with Gasteiger partial charge in [0, 0.05) is 0 Å². The van der Waals surface area contributed by atoms with E-state index < -0.39 is 50.2 Å². The van der Waals surface area contributed by atoms with Crippen LogP contribution in [-0.4, -0.2) is 51.1 Å². The summed E-state index contributed by atoms with van der Waals surface area (Å²) in [4.78, 5) is 22.7. The third-order valence-corrected chi connectivity index (χ3v) is 15.3. The second-order valence-electron chi connectivity index (χ2n) is 17.0. The molecule has 0 aromatic carbocycles. The Kier molecular flexibility index (Phi) is 9.79. The first kappa shape index (κ1) is 34.7. The Hall–Kier alpha value is -1.12. The number of phosphoric ester groups is 1. The molecule has 5 fully saturated rings. The van der Waals surface area contributed by atoms with E-state index in [9.17, 15) is 24.5 Å². The summed E-state index contributed by atoms with van der Waals surface area (Å²) < 4.78 is 28.4. The van der Waals surface area contributed by atoms with E-state index in [2.05, 4.69) is 34.6 Å². The molecule has 0 aromatic heterocycles. The normalized spacial score (nSPS) is 42.5. The lowest BCUT2D eigenvalue weighted by atomic mass is 9.44. The molecular formula is C36H59O9P. The predicted molar refractivity (Wildman–Crippen MR) is 173 cm³/mol. The largest absolute Gasteiger partial charge is 0.528 e. The molecule has 1 unspecified atom stereocenters. The Bertz CT molecular complexity index is 1210. The minimum absolute atomic E-state index is 0.173. The maximum Gasteiger partial charge on any atom is 0.528 e. The lowest BCUT2D eigenvalue weighted by Gasteiger charge is -2.61. The first-order valence-electron chi connectivity index (χ1n) is 18.3. The van der Waals surface area contributed by atoms with Gasteiger partial charge in [-0.05, 0) is 141 Å². The number of aliphatic hydroxyl groups is 3. The molecule has 1 aliphatic heterocycles. The van der Waals surface area contributed by atoms with E-state index >= 15 is 0 Å². The van der Waals surface area contributed by atoms with Gasteiger partial charge < -0.3 is 24.6 Å². The van der Waals surface area contributed by atoms with Gasteiger partial charge in [-0.2, -0.15) is 0 Å². The van der Waals surface area contributed by atoms with Crippen LogP contribution in [0, 0.1) is 64.1 Å². The number of aliphatic hydroxyl groups excluding tert-OH is 3. The van der Waals surface area contributed by atoms with Gasteiger partial charge in [-0.3, -0.25) is 9.42 Å². The fourth-order valence-electron chi connectivity index (χ4n) is 11.8. The molecule has 13 atom stereocenters. The van der Waals surface area contributed by atoms with E-state index in [1.165, 1.54) is 57.8 Å². The van der Waals surface area contributed by atoms with Gasteiger partial charge in [0.15, 0.2) is 11.9 Å². The maximum absolute atomic E-state index is 13.0. The highest BCUT2D eigenvalue weighted by Gasteiger charge is 2.61. The van der Waals surface area contributed by atoms with Crippen LogP contribution in [0.5, 0.6) is 0 Å². The number of hydrogen-bond donors (Lipinski definition) is 4. The second kappa shape index (κ2) is 13.0. The van der Waals surface area contributed by atoms with Crippen molar-refractivity contribution in [3.8, 4) is 0 Å². The van der Waals surface area contributed by atoms with Gasteiger partial charge in [0.25, 0.3) is 5.76 Å². The minimum atomic E-state index is -4.77. The molecule has 0 aromatic rings. The van der Waals surface area contributed by atoms with Crippen LogP contribution >= 0.6 is 7.82 Å². The Balaban J connectivity index is 1.06. The van der Waals surface area contributed by atoms with Crippen molar-refractivity contribution in [2.24, 2.45) is 64.1 Å². The number of fused-ring (bicyclic) bond motifs is 5. The van der Waals surface area contributed by atoms with Crippen LogP contribution in [-0.2, 0) is 23.1 Å². The molecule has 5 aliphatic carbocycles. The van der Waals surface area contributed by atoms with E-state index in [1.54, 1.807) is 0 Å². The number of hydrogen-bond acceptors (Lipinski definition) is 8. The van der Waals surface area contributed by atoms with E-state index in [0.29, 0.717) is 30.1 Å². The second-order valence-corrected chi connectivity index (χ2v) is 18.4. The predicted octanol–water partition coefficient (Wildman–Crippen LogP) is 7.29. The van der Waals surface area contributed by atoms with Crippen molar-refractivity contribution in [2.75, 3.05) is 6.61 Å². The summed E-state index contributed by atoms with van der Waals surface area (Å²) in [5.41, 5.74) is 0.609. The number of carbonyl (C=O) groups is 1. The topological polar surface area (TPSA) is 143 Å². The number of ether oxygens (including phenoxy) is 1. The molecule has 10 heteroatoms. The lowest BCUT2D eigenvalue weighted by molar-refractivity contribution is -0.147. The zero-order chi connectivity index (χ0) is 33.2. The zero-order valence-corrected chi connectivity index (χ0v) is 29.5. The molecule has 262 valence electrons. The lowest BCUT2D eigenvalue weighted by Crippen LogP contribution is -2.54. The van der Waals surface area contributed by atoms with Gasteiger partial charge in [-0.1, -0.05) is 41.0 Å². The SMILES string of the molecule is CC(C)[C@@H](CC[C@@H](C)[C@H]1CC[C@H]2[C@@H]3CC[C@H]4C[C@@H](OP(=O)(O)OC5=C(O)[C@@H]([C@@H](O)CO)OC5=O)CC[C@]4(C)[C@H]3CC[C@]12C)C1CC1. The number of phosphoric acid groups is 1. The summed E-state index contributed by atoms with van der Waals surface area (Å²) in [6, 6.07) is 0. The first-order chi connectivity index (χ1) is 21.7. The maximum atomic E-state index is 13.0. The Morgan fingerprint density at radius 3 is 2.33 bits per heavy atom. The molecule has 6 rings (SSSR count). The average Bonchev–Trinajstić information content (AvgIpc) is 3.71. The van der Waals surface area contributed by atoms with Gasteiger partial charge in [0.2, 0.25) is 0 Å². The Morgan fingerprint density at radius 2 is 1.65 bits per heavy atom. The van der Waals surface area contributed by atoms with Crippen LogP contribution in [0.4, 0.5) is 0 Å². The van der Waals surface area contributed by atoms with E-state index in [-0.39, 0.29) is 5.41 Å². The van der Waals surface area contributed by atoms with Crippen LogP contribution in [0.3, 0.4) is 0 Å². The molecule has 1 heterocycles. The van der Waals surface area contributed by atoms with Crippen molar-refractivity contribution >= 4 is 13.8 Å². The molecule has 0 radical (unpaired) electrons. The average molecular weight is 667 g/mol. The van der Waals surface area contributed by atoms with Crippen LogP contribution < -0.4 is 0 Å². The Labute approximate surface area is 275 Å². The van der Waals surface area contributed by atoms with Gasteiger partial charge in [-0.25, -0.2) is 9.36 Å². The van der Waals surface area contributed by atoms with E-state index in [1.807, 2.05) is 0 Å². The number of esters is 1. The van der Waals surface area contributed by atoms with Crippen molar-refractivity contribution in [3.05, 3.63) is 11.5 Å².